The highest BCUT2D eigenvalue weighted by molar-refractivity contribution is 7.92. The number of fused-ring (bicyclic) bond motifs is 1. The number of carbonyl (C=O) groups is 1. The summed E-state index contributed by atoms with van der Waals surface area (Å²) in [5, 5.41) is 12.1. The number of carbonyl (C=O) groups excluding carboxylic acids is 1. The first kappa shape index (κ1) is 27.7. The number of rotatable bonds is 8. The molecule has 2 aliphatic heterocycles. The monoisotopic (exact) mass is 588 g/mol. The van der Waals surface area contributed by atoms with Gasteiger partial charge in [0.1, 0.15) is 0 Å². The van der Waals surface area contributed by atoms with Crippen molar-refractivity contribution < 1.29 is 27.1 Å². The van der Waals surface area contributed by atoms with Crippen LogP contribution in [-0.2, 0) is 10.0 Å². The molecule has 2 saturated heterocycles. The number of nitrogens with one attached hydrogen (secondary N) is 2. The number of imidazole rings is 1. The molecule has 10 nitrogen and oxygen atoms in total. The van der Waals surface area contributed by atoms with E-state index in [2.05, 4.69) is 19.9 Å². The fraction of sp³-hybridized carbons (Fsp3) is 0.500. The maximum Gasteiger partial charge on any atom is 0.257 e. The zero-order chi connectivity index (χ0) is 28.8. The highest BCUT2D eigenvalue weighted by Crippen LogP contribution is 2.54. The maximum atomic E-state index is 13.8. The third-order valence-corrected chi connectivity index (χ3v) is 9.83. The number of aromatic nitrogens is 2. The molecule has 1 aromatic carbocycles. The molecule has 1 amide bonds. The van der Waals surface area contributed by atoms with Gasteiger partial charge in [-0.15, -0.1) is 0 Å². The Morgan fingerprint density at radius 1 is 0.976 bits per heavy atom. The number of hydrogen-bond donors (Lipinski definition) is 3. The summed E-state index contributed by atoms with van der Waals surface area (Å²) in [4.78, 5) is 22.0. The summed E-state index contributed by atoms with van der Waals surface area (Å²) in [5.74, 6) is -3.49. The molecule has 13 heteroatoms. The molecule has 0 unspecified atom stereocenters. The lowest BCUT2D eigenvalue weighted by atomic mass is 9.93. The van der Waals surface area contributed by atoms with Crippen LogP contribution < -0.4 is 19.8 Å². The molecule has 220 valence electrons. The van der Waals surface area contributed by atoms with Gasteiger partial charge in [0.05, 0.1) is 40.7 Å². The predicted molar refractivity (Wildman–Crippen MR) is 154 cm³/mol. The van der Waals surface area contributed by atoms with Crippen LogP contribution in [0.15, 0.2) is 42.9 Å². The second-order valence-electron chi connectivity index (χ2n) is 11.4. The minimum absolute atomic E-state index is 0.162. The van der Waals surface area contributed by atoms with Crippen LogP contribution in [0.1, 0.15) is 48.9 Å². The van der Waals surface area contributed by atoms with E-state index in [1.165, 1.54) is 12.8 Å². The average molecular weight is 589 g/mol. The van der Waals surface area contributed by atoms with E-state index in [9.17, 15) is 22.0 Å². The van der Waals surface area contributed by atoms with E-state index in [1.807, 2.05) is 4.90 Å². The van der Waals surface area contributed by atoms with Gasteiger partial charge in [-0.3, -0.25) is 9.52 Å². The first-order chi connectivity index (χ1) is 19.6. The Labute approximate surface area is 237 Å². The summed E-state index contributed by atoms with van der Waals surface area (Å²) in [6.07, 6.45) is 9.01. The van der Waals surface area contributed by atoms with E-state index in [-0.39, 0.29) is 31.8 Å². The van der Waals surface area contributed by atoms with Crippen LogP contribution in [-0.4, -0.2) is 73.3 Å². The molecule has 1 spiro atoms. The van der Waals surface area contributed by atoms with Crippen LogP contribution in [0.25, 0.3) is 5.65 Å². The zero-order valence-electron chi connectivity index (χ0n) is 22.7. The summed E-state index contributed by atoms with van der Waals surface area (Å²) >= 11 is 0. The first-order valence-corrected chi connectivity index (χ1v) is 15.6. The fourth-order valence-electron chi connectivity index (χ4n) is 5.85. The number of sulfonamides is 1. The van der Waals surface area contributed by atoms with Gasteiger partial charge in [-0.05, 0) is 55.4 Å². The third-order valence-electron chi connectivity index (χ3n) is 8.57. The molecular formula is C28H34F2N6O4S. The van der Waals surface area contributed by atoms with E-state index in [1.54, 1.807) is 47.3 Å². The van der Waals surface area contributed by atoms with Crippen molar-refractivity contribution in [1.29, 1.82) is 0 Å². The van der Waals surface area contributed by atoms with Crippen molar-refractivity contribution >= 4 is 44.3 Å². The lowest BCUT2D eigenvalue weighted by Crippen LogP contribution is -2.39. The van der Waals surface area contributed by atoms with Crippen molar-refractivity contribution in [2.45, 2.75) is 44.4 Å². The highest BCUT2D eigenvalue weighted by Gasteiger charge is 2.44. The SMILES string of the molecule is O=C(Nc1ccc(NS(=O)(=O)CCO)cc1N1CCC2(CC1)CC2)c1cc(N2CCC(F)(F)CC2)c2nccn2c1. The third kappa shape index (κ3) is 5.96. The standard InChI is InChI=1S/C28H34F2N6O4S/c29-28(30)7-12-35(13-8-28)24-17-20(19-36-14-9-31-25(24)36)26(38)32-22-2-1-21(33-41(39,40)16-15-37)18-23(22)34-10-5-27(3-4-27)6-11-34/h1-2,9,14,17-19,33,37H,3-8,10-13,15-16H2,(H,32,38). The highest BCUT2D eigenvalue weighted by atomic mass is 32.2. The number of aliphatic hydroxyl groups excluding tert-OH is 1. The van der Waals surface area contributed by atoms with Gasteiger partial charge in [0.2, 0.25) is 10.0 Å². The number of aliphatic hydroxyl groups is 1. The van der Waals surface area contributed by atoms with Crippen LogP contribution in [0.2, 0.25) is 0 Å². The van der Waals surface area contributed by atoms with Crippen LogP contribution in [0, 0.1) is 5.41 Å². The Kier molecular flexibility index (Phi) is 7.05. The number of anilines is 4. The number of benzene rings is 1. The number of nitrogens with zero attached hydrogens (tertiary/aromatic N) is 4. The van der Waals surface area contributed by atoms with E-state index in [0.717, 1.165) is 25.9 Å². The predicted octanol–water partition coefficient (Wildman–Crippen LogP) is 3.94. The van der Waals surface area contributed by atoms with E-state index < -0.39 is 28.3 Å². The lowest BCUT2D eigenvalue weighted by Gasteiger charge is -2.35. The van der Waals surface area contributed by atoms with Gasteiger partial charge in [-0.1, -0.05) is 0 Å². The Morgan fingerprint density at radius 2 is 1.66 bits per heavy atom. The topological polar surface area (TPSA) is 119 Å². The van der Waals surface area contributed by atoms with Gasteiger partial charge in [-0.2, -0.15) is 0 Å². The minimum Gasteiger partial charge on any atom is -0.395 e. The van der Waals surface area contributed by atoms with Crippen molar-refractivity contribution in [2.75, 3.05) is 58.4 Å². The smallest absolute Gasteiger partial charge is 0.257 e. The number of alkyl halides is 2. The van der Waals surface area contributed by atoms with Crippen molar-refractivity contribution in [3.63, 3.8) is 0 Å². The summed E-state index contributed by atoms with van der Waals surface area (Å²) in [5.41, 5.74) is 3.58. The number of pyridine rings is 1. The van der Waals surface area contributed by atoms with E-state index in [0.29, 0.717) is 39.4 Å². The molecule has 3 aromatic rings. The second kappa shape index (κ2) is 10.4. The molecule has 0 radical (unpaired) electrons. The molecule has 3 fully saturated rings. The Hall–Kier alpha value is -3.45. The molecule has 2 aromatic heterocycles. The van der Waals surface area contributed by atoms with Gasteiger partial charge in [0.15, 0.2) is 5.65 Å². The summed E-state index contributed by atoms with van der Waals surface area (Å²) in [6, 6.07) is 6.66. The Balaban J connectivity index is 1.29. The number of piperidine rings is 2. The molecule has 1 saturated carbocycles. The lowest BCUT2D eigenvalue weighted by molar-refractivity contribution is -0.0220. The van der Waals surface area contributed by atoms with Crippen molar-refractivity contribution in [3.05, 3.63) is 48.4 Å². The Bertz CT molecular complexity index is 1550. The molecule has 1 aliphatic carbocycles. The minimum atomic E-state index is -3.72. The molecule has 0 atom stereocenters. The largest absolute Gasteiger partial charge is 0.395 e. The van der Waals surface area contributed by atoms with Gasteiger partial charge in [0, 0.05) is 57.6 Å². The quantitative estimate of drug-likeness (QED) is 0.365. The number of amides is 1. The van der Waals surface area contributed by atoms with E-state index >= 15 is 0 Å². The Morgan fingerprint density at radius 3 is 2.34 bits per heavy atom. The van der Waals surface area contributed by atoms with Crippen LogP contribution >= 0.6 is 0 Å². The molecule has 41 heavy (non-hydrogen) atoms. The zero-order valence-corrected chi connectivity index (χ0v) is 23.5. The fourth-order valence-corrected chi connectivity index (χ4v) is 6.68. The number of halogens is 2. The van der Waals surface area contributed by atoms with Crippen LogP contribution in [0.3, 0.4) is 0 Å². The maximum absolute atomic E-state index is 13.8. The number of hydrogen-bond acceptors (Lipinski definition) is 7. The van der Waals surface area contributed by atoms with Gasteiger partial charge in [-0.25, -0.2) is 22.2 Å². The molecular weight excluding hydrogens is 554 g/mol. The van der Waals surface area contributed by atoms with Gasteiger partial charge >= 0.3 is 0 Å². The molecule has 3 aliphatic rings. The average Bonchev–Trinajstić information content (AvgIpc) is 3.50. The molecule has 6 rings (SSSR count). The van der Waals surface area contributed by atoms with E-state index in [4.69, 9.17) is 5.11 Å². The van der Waals surface area contributed by atoms with Crippen LogP contribution in [0.4, 0.5) is 31.5 Å². The summed E-state index contributed by atoms with van der Waals surface area (Å²) < 4.78 is 56.5. The summed E-state index contributed by atoms with van der Waals surface area (Å²) in [7, 11) is -3.72. The van der Waals surface area contributed by atoms with Gasteiger partial charge in [0.25, 0.3) is 11.8 Å². The normalized spacial score (nSPS) is 19.9. The van der Waals surface area contributed by atoms with Crippen molar-refractivity contribution in [1.82, 2.24) is 9.38 Å². The van der Waals surface area contributed by atoms with Gasteiger partial charge < -0.3 is 24.6 Å². The first-order valence-electron chi connectivity index (χ1n) is 14.0. The summed E-state index contributed by atoms with van der Waals surface area (Å²) in [6.45, 7) is 1.41. The molecule has 3 N–H and O–H groups in total. The van der Waals surface area contributed by atoms with Crippen molar-refractivity contribution in [2.24, 2.45) is 5.41 Å². The molecule has 4 heterocycles. The van der Waals surface area contributed by atoms with Crippen LogP contribution in [0.5, 0.6) is 0 Å². The van der Waals surface area contributed by atoms with Crippen molar-refractivity contribution in [3.8, 4) is 0 Å². The molecule has 0 bridgehead atoms. The second-order valence-corrected chi connectivity index (χ2v) is 13.3.